The summed E-state index contributed by atoms with van der Waals surface area (Å²) in [7, 11) is 3.98. The van der Waals surface area contributed by atoms with Crippen LogP contribution in [0.3, 0.4) is 0 Å². The minimum absolute atomic E-state index is 0.0529. The SMILES string of the molecule is Cc1nc(SCc2ccc(C(=O)NCC3CCCO3)cc2)nc(N(C)C)c1C. The Kier molecular flexibility index (Phi) is 6.91. The molecule has 7 heteroatoms. The maximum atomic E-state index is 12.3. The van der Waals surface area contributed by atoms with Crippen LogP contribution in [-0.4, -0.2) is 49.2 Å². The second-order valence-corrected chi connectivity index (χ2v) is 8.21. The Hall–Kier alpha value is -2.12. The van der Waals surface area contributed by atoms with Crippen LogP contribution in [0.4, 0.5) is 5.82 Å². The Morgan fingerprint density at radius 3 is 2.64 bits per heavy atom. The number of anilines is 1. The molecule has 1 saturated heterocycles. The summed E-state index contributed by atoms with van der Waals surface area (Å²) in [6.45, 7) is 5.43. The van der Waals surface area contributed by atoms with E-state index in [9.17, 15) is 4.79 Å². The fourth-order valence-electron chi connectivity index (χ4n) is 3.10. The smallest absolute Gasteiger partial charge is 0.251 e. The van der Waals surface area contributed by atoms with Gasteiger partial charge in [0.25, 0.3) is 5.91 Å². The van der Waals surface area contributed by atoms with Gasteiger partial charge in [0, 0.05) is 49.8 Å². The molecular formula is C21H28N4O2S. The van der Waals surface area contributed by atoms with Crippen molar-refractivity contribution < 1.29 is 9.53 Å². The molecule has 1 aromatic carbocycles. The third-order valence-corrected chi connectivity index (χ3v) is 5.78. The standard InChI is InChI=1S/C21H28N4O2S/c1-14-15(2)23-21(24-19(14)25(3)4)28-13-16-7-9-17(10-8-16)20(26)22-12-18-6-5-11-27-18/h7-10,18H,5-6,11-13H2,1-4H3,(H,22,26). The van der Waals surface area contributed by atoms with Gasteiger partial charge in [-0.2, -0.15) is 0 Å². The molecule has 0 bridgehead atoms. The molecule has 0 spiro atoms. The van der Waals surface area contributed by atoms with Gasteiger partial charge in [-0.05, 0) is 44.4 Å². The van der Waals surface area contributed by atoms with Crippen LogP contribution in [0, 0.1) is 13.8 Å². The summed E-state index contributed by atoms with van der Waals surface area (Å²) >= 11 is 1.60. The summed E-state index contributed by atoms with van der Waals surface area (Å²) in [6, 6.07) is 7.71. The molecule has 2 heterocycles. The Morgan fingerprint density at radius 1 is 1.25 bits per heavy atom. The molecule has 28 heavy (non-hydrogen) atoms. The molecule has 1 unspecified atom stereocenters. The highest BCUT2D eigenvalue weighted by Crippen LogP contribution is 2.25. The normalized spacial score (nSPS) is 16.2. The molecule has 1 aliphatic heterocycles. The van der Waals surface area contributed by atoms with E-state index in [-0.39, 0.29) is 12.0 Å². The topological polar surface area (TPSA) is 67.3 Å². The summed E-state index contributed by atoms with van der Waals surface area (Å²) in [4.78, 5) is 23.5. The van der Waals surface area contributed by atoms with Gasteiger partial charge in [-0.15, -0.1) is 0 Å². The number of thioether (sulfide) groups is 1. The molecule has 6 nitrogen and oxygen atoms in total. The molecule has 1 N–H and O–H groups in total. The first-order valence-electron chi connectivity index (χ1n) is 9.58. The van der Waals surface area contributed by atoms with Crippen molar-refractivity contribution >= 4 is 23.5 Å². The van der Waals surface area contributed by atoms with Crippen LogP contribution >= 0.6 is 11.8 Å². The molecule has 0 radical (unpaired) electrons. The van der Waals surface area contributed by atoms with Gasteiger partial charge in [0.15, 0.2) is 5.16 Å². The Morgan fingerprint density at radius 2 is 2.00 bits per heavy atom. The van der Waals surface area contributed by atoms with Gasteiger partial charge in [0.05, 0.1) is 6.10 Å². The molecule has 2 aromatic rings. The van der Waals surface area contributed by atoms with E-state index >= 15 is 0 Å². The lowest BCUT2D eigenvalue weighted by Crippen LogP contribution is -2.31. The lowest BCUT2D eigenvalue weighted by atomic mass is 10.1. The molecule has 0 saturated carbocycles. The van der Waals surface area contributed by atoms with E-state index < -0.39 is 0 Å². The summed E-state index contributed by atoms with van der Waals surface area (Å²) < 4.78 is 5.54. The van der Waals surface area contributed by atoms with Crippen molar-refractivity contribution in [3.8, 4) is 0 Å². The third-order valence-electron chi connectivity index (χ3n) is 4.86. The summed E-state index contributed by atoms with van der Waals surface area (Å²) in [6.07, 6.45) is 2.25. The molecule has 1 atom stereocenters. The van der Waals surface area contributed by atoms with Crippen LogP contribution in [-0.2, 0) is 10.5 Å². The number of rotatable bonds is 7. The average Bonchev–Trinajstić information content (AvgIpc) is 3.20. The molecule has 1 aromatic heterocycles. The van der Waals surface area contributed by atoms with Crippen molar-refractivity contribution in [2.24, 2.45) is 0 Å². The number of nitrogens with zero attached hydrogens (tertiary/aromatic N) is 3. The van der Waals surface area contributed by atoms with E-state index in [1.165, 1.54) is 0 Å². The number of aryl methyl sites for hydroxylation is 1. The Balaban J connectivity index is 1.56. The highest BCUT2D eigenvalue weighted by atomic mass is 32.2. The van der Waals surface area contributed by atoms with Gasteiger partial charge in [0.2, 0.25) is 0 Å². The highest BCUT2D eigenvalue weighted by Gasteiger charge is 2.16. The minimum Gasteiger partial charge on any atom is -0.376 e. The first-order valence-corrected chi connectivity index (χ1v) is 10.6. The van der Waals surface area contributed by atoms with Crippen molar-refractivity contribution in [3.05, 3.63) is 46.6 Å². The summed E-state index contributed by atoms with van der Waals surface area (Å²) in [5, 5.41) is 3.72. The van der Waals surface area contributed by atoms with Crippen molar-refractivity contribution in [3.63, 3.8) is 0 Å². The van der Waals surface area contributed by atoms with Crippen LogP contribution in [0.25, 0.3) is 0 Å². The van der Waals surface area contributed by atoms with Crippen molar-refractivity contribution in [1.82, 2.24) is 15.3 Å². The molecule has 1 fully saturated rings. The van der Waals surface area contributed by atoms with Gasteiger partial charge < -0.3 is 15.0 Å². The highest BCUT2D eigenvalue weighted by molar-refractivity contribution is 7.98. The number of hydrogen-bond donors (Lipinski definition) is 1. The first-order chi connectivity index (χ1) is 13.4. The number of ether oxygens (including phenoxy) is 1. The largest absolute Gasteiger partial charge is 0.376 e. The number of aromatic nitrogens is 2. The molecular weight excluding hydrogens is 372 g/mol. The van der Waals surface area contributed by atoms with Gasteiger partial charge >= 0.3 is 0 Å². The molecule has 1 aliphatic rings. The van der Waals surface area contributed by atoms with E-state index in [2.05, 4.69) is 15.3 Å². The van der Waals surface area contributed by atoms with Crippen LogP contribution in [0.2, 0.25) is 0 Å². The van der Waals surface area contributed by atoms with Crippen LogP contribution in [0.5, 0.6) is 0 Å². The van der Waals surface area contributed by atoms with E-state index in [0.29, 0.717) is 12.1 Å². The molecule has 150 valence electrons. The van der Waals surface area contributed by atoms with Crippen LogP contribution in [0.1, 0.15) is 40.0 Å². The first kappa shape index (κ1) is 20.6. The zero-order valence-corrected chi connectivity index (χ0v) is 17.8. The summed E-state index contributed by atoms with van der Waals surface area (Å²) in [5.74, 6) is 1.66. The van der Waals surface area contributed by atoms with Crippen LogP contribution in [0.15, 0.2) is 29.4 Å². The fraction of sp³-hybridized carbons (Fsp3) is 0.476. The number of carbonyl (C=O) groups is 1. The zero-order chi connectivity index (χ0) is 20.1. The number of hydrogen-bond acceptors (Lipinski definition) is 6. The van der Waals surface area contributed by atoms with Gasteiger partial charge in [-0.25, -0.2) is 9.97 Å². The lowest BCUT2D eigenvalue weighted by Gasteiger charge is -2.16. The van der Waals surface area contributed by atoms with E-state index in [1.807, 2.05) is 57.1 Å². The van der Waals surface area contributed by atoms with Crippen molar-refractivity contribution in [2.45, 2.75) is 43.7 Å². The second kappa shape index (κ2) is 9.39. The van der Waals surface area contributed by atoms with Crippen molar-refractivity contribution in [1.29, 1.82) is 0 Å². The van der Waals surface area contributed by atoms with E-state index in [0.717, 1.165) is 53.0 Å². The Labute approximate surface area is 171 Å². The predicted octanol–water partition coefficient (Wildman–Crippen LogP) is 3.36. The van der Waals surface area contributed by atoms with Crippen LogP contribution < -0.4 is 10.2 Å². The average molecular weight is 401 g/mol. The van der Waals surface area contributed by atoms with Gasteiger partial charge in [-0.3, -0.25) is 4.79 Å². The monoisotopic (exact) mass is 400 g/mol. The fourth-order valence-corrected chi connectivity index (χ4v) is 3.94. The quantitative estimate of drug-likeness (QED) is 0.568. The minimum atomic E-state index is -0.0529. The molecule has 0 aliphatic carbocycles. The predicted molar refractivity (Wildman–Crippen MR) is 113 cm³/mol. The second-order valence-electron chi connectivity index (χ2n) is 7.27. The van der Waals surface area contributed by atoms with E-state index in [1.54, 1.807) is 11.8 Å². The lowest BCUT2D eigenvalue weighted by molar-refractivity contribution is 0.0858. The summed E-state index contributed by atoms with van der Waals surface area (Å²) in [5.41, 5.74) is 3.91. The van der Waals surface area contributed by atoms with Gasteiger partial charge in [0.1, 0.15) is 5.82 Å². The number of carbonyl (C=O) groups excluding carboxylic acids is 1. The molecule has 3 rings (SSSR count). The number of nitrogens with one attached hydrogen (secondary N) is 1. The zero-order valence-electron chi connectivity index (χ0n) is 17.0. The maximum Gasteiger partial charge on any atom is 0.251 e. The van der Waals surface area contributed by atoms with Crippen molar-refractivity contribution in [2.75, 3.05) is 32.1 Å². The number of amides is 1. The van der Waals surface area contributed by atoms with E-state index in [4.69, 9.17) is 4.74 Å². The van der Waals surface area contributed by atoms with Gasteiger partial charge in [-0.1, -0.05) is 23.9 Å². The molecule has 1 amide bonds. The maximum absolute atomic E-state index is 12.3. The third kappa shape index (κ3) is 5.23. The Bertz CT molecular complexity index is 818. The number of benzene rings is 1.